The van der Waals surface area contributed by atoms with Crippen molar-refractivity contribution in [3.05, 3.63) is 0 Å². The summed E-state index contributed by atoms with van der Waals surface area (Å²) in [5.74, 6) is 2.93. The van der Waals surface area contributed by atoms with Gasteiger partial charge in [0.25, 0.3) is 0 Å². The Hall–Kier alpha value is 0.270. The van der Waals surface area contributed by atoms with Gasteiger partial charge in [0.2, 0.25) is 0 Å². The van der Waals surface area contributed by atoms with E-state index in [2.05, 4.69) is 25.0 Å². The van der Waals surface area contributed by atoms with Crippen LogP contribution in [0.15, 0.2) is 0 Å². The standard InChI is InChI=1S/C12H26N2S/c1-10-6-11(2)9-14(8-10)12(7-13)4-5-15-3/h10-12H,4-9,13H2,1-3H3. The molecule has 0 amide bonds. The van der Waals surface area contributed by atoms with Crippen LogP contribution < -0.4 is 5.73 Å². The maximum absolute atomic E-state index is 5.88. The zero-order valence-electron chi connectivity index (χ0n) is 10.4. The maximum atomic E-state index is 5.88. The molecule has 0 bridgehead atoms. The van der Waals surface area contributed by atoms with Crippen molar-refractivity contribution in [2.24, 2.45) is 17.6 Å². The predicted octanol–water partition coefficient (Wildman–Crippen LogP) is 2.04. The zero-order chi connectivity index (χ0) is 11.3. The lowest BCUT2D eigenvalue weighted by molar-refractivity contribution is 0.0970. The zero-order valence-corrected chi connectivity index (χ0v) is 11.2. The van der Waals surface area contributed by atoms with E-state index in [1.807, 2.05) is 11.8 Å². The molecule has 1 aliphatic rings. The highest BCUT2D eigenvalue weighted by Gasteiger charge is 2.26. The van der Waals surface area contributed by atoms with Crippen molar-refractivity contribution in [1.29, 1.82) is 0 Å². The minimum absolute atomic E-state index is 0.614. The third-order valence-corrected chi connectivity index (χ3v) is 3.98. The summed E-state index contributed by atoms with van der Waals surface area (Å²) in [5.41, 5.74) is 5.88. The Morgan fingerprint density at radius 2 is 1.93 bits per heavy atom. The van der Waals surface area contributed by atoms with Crippen molar-refractivity contribution in [1.82, 2.24) is 4.90 Å². The highest BCUT2D eigenvalue weighted by molar-refractivity contribution is 7.98. The molecule has 3 atom stereocenters. The maximum Gasteiger partial charge on any atom is 0.0226 e. The summed E-state index contributed by atoms with van der Waals surface area (Å²) in [6.07, 6.45) is 4.81. The topological polar surface area (TPSA) is 29.3 Å². The fraction of sp³-hybridized carbons (Fsp3) is 1.00. The lowest BCUT2D eigenvalue weighted by atomic mass is 9.90. The fourth-order valence-corrected chi connectivity index (χ4v) is 3.22. The number of nitrogens with zero attached hydrogens (tertiary/aromatic N) is 1. The van der Waals surface area contributed by atoms with Crippen LogP contribution in [-0.2, 0) is 0 Å². The van der Waals surface area contributed by atoms with Crippen LogP contribution in [0.1, 0.15) is 26.7 Å². The number of nitrogens with two attached hydrogens (primary N) is 1. The highest BCUT2D eigenvalue weighted by Crippen LogP contribution is 2.23. The Labute approximate surface area is 99.0 Å². The highest BCUT2D eigenvalue weighted by atomic mass is 32.2. The lowest BCUT2D eigenvalue weighted by Crippen LogP contribution is -2.48. The molecule has 90 valence electrons. The van der Waals surface area contributed by atoms with Crippen LogP contribution in [0.5, 0.6) is 0 Å². The number of hydrogen-bond acceptors (Lipinski definition) is 3. The average Bonchev–Trinajstić information content (AvgIpc) is 2.17. The van der Waals surface area contributed by atoms with Gasteiger partial charge in [0, 0.05) is 25.7 Å². The molecule has 2 nitrogen and oxygen atoms in total. The molecule has 1 fully saturated rings. The lowest BCUT2D eigenvalue weighted by Gasteiger charge is -2.39. The van der Waals surface area contributed by atoms with Gasteiger partial charge < -0.3 is 5.73 Å². The Morgan fingerprint density at radius 3 is 2.40 bits per heavy atom. The van der Waals surface area contributed by atoms with E-state index in [1.165, 1.54) is 31.7 Å². The Balaban J connectivity index is 2.43. The first-order chi connectivity index (χ1) is 7.17. The van der Waals surface area contributed by atoms with Crippen molar-refractivity contribution in [2.45, 2.75) is 32.7 Å². The third kappa shape index (κ3) is 4.33. The van der Waals surface area contributed by atoms with E-state index in [0.717, 1.165) is 18.4 Å². The van der Waals surface area contributed by atoms with Crippen LogP contribution in [0, 0.1) is 11.8 Å². The summed E-state index contributed by atoms with van der Waals surface area (Å²) in [7, 11) is 0. The van der Waals surface area contributed by atoms with Gasteiger partial charge in [0.05, 0.1) is 0 Å². The van der Waals surface area contributed by atoms with Crippen molar-refractivity contribution in [3.63, 3.8) is 0 Å². The number of hydrogen-bond donors (Lipinski definition) is 1. The first kappa shape index (κ1) is 13.3. The third-order valence-electron chi connectivity index (χ3n) is 3.34. The molecule has 2 N–H and O–H groups in total. The molecule has 1 aliphatic heterocycles. The van der Waals surface area contributed by atoms with Crippen molar-refractivity contribution in [2.75, 3.05) is 31.6 Å². The largest absolute Gasteiger partial charge is 0.329 e. The molecule has 1 heterocycles. The fourth-order valence-electron chi connectivity index (χ4n) is 2.71. The van der Waals surface area contributed by atoms with E-state index < -0.39 is 0 Å². The number of rotatable bonds is 5. The van der Waals surface area contributed by atoms with Crippen LogP contribution in [0.25, 0.3) is 0 Å². The summed E-state index contributed by atoms with van der Waals surface area (Å²) < 4.78 is 0. The molecule has 0 aliphatic carbocycles. The average molecular weight is 230 g/mol. The molecular weight excluding hydrogens is 204 g/mol. The summed E-state index contributed by atoms with van der Waals surface area (Å²) in [5, 5.41) is 0. The second-order valence-electron chi connectivity index (χ2n) is 5.07. The van der Waals surface area contributed by atoms with Gasteiger partial charge in [-0.2, -0.15) is 11.8 Å². The molecule has 0 radical (unpaired) electrons. The van der Waals surface area contributed by atoms with Crippen molar-refractivity contribution < 1.29 is 0 Å². The molecular formula is C12H26N2S. The van der Waals surface area contributed by atoms with Gasteiger partial charge in [0.1, 0.15) is 0 Å². The Kier molecular flexibility index (Phi) is 6.02. The van der Waals surface area contributed by atoms with E-state index in [-0.39, 0.29) is 0 Å². The molecule has 3 heteroatoms. The van der Waals surface area contributed by atoms with E-state index in [4.69, 9.17) is 5.73 Å². The molecule has 0 aromatic rings. The van der Waals surface area contributed by atoms with Gasteiger partial charge >= 0.3 is 0 Å². The van der Waals surface area contributed by atoms with Crippen LogP contribution >= 0.6 is 11.8 Å². The summed E-state index contributed by atoms with van der Waals surface area (Å²) >= 11 is 1.93. The SMILES string of the molecule is CSCCC(CN)N1CC(C)CC(C)C1. The second-order valence-corrected chi connectivity index (χ2v) is 6.06. The molecule has 0 spiro atoms. The van der Waals surface area contributed by atoms with Crippen molar-refractivity contribution in [3.8, 4) is 0 Å². The minimum atomic E-state index is 0.614. The number of piperidine rings is 1. The van der Waals surface area contributed by atoms with E-state index >= 15 is 0 Å². The molecule has 0 aromatic carbocycles. The van der Waals surface area contributed by atoms with E-state index in [1.54, 1.807) is 0 Å². The van der Waals surface area contributed by atoms with Crippen LogP contribution in [0.3, 0.4) is 0 Å². The smallest absolute Gasteiger partial charge is 0.0226 e. The molecule has 3 unspecified atom stereocenters. The van der Waals surface area contributed by atoms with E-state index in [9.17, 15) is 0 Å². The van der Waals surface area contributed by atoms with Gasteiger partial charge in [0.15, 0.2) is 0 Å². The van der Waals surface area contributed by atoms with Gasteiger partial charge in [-0.3, -0.25) is 4.90 Å². The predicted molar refractivity (Wildman–Crippen MR) is 70.4 cm³/mol. The Morgan fingerprint density at radius 1 is 1.33 bits per heavy atom. The van der Waals surface area contributed by atoms with Crippen LogP contribution in [0.4, 0.5) is 0 Å². The van der Waals surface area contributed by atoms with Crippen molar-refractivity contribution >= 4 is 11.8 Å². The van der Waals surface area contributed by atoms with Gasteiger partial charge in [-0.15, -0.1) is 0 Å². The van der Waals surface area contributed by atoms with Crippen LogP contribution in [0.2, 0.25) is 0 Å². The number of likely N-dealkylation sites (tertiary alicyclic amines) is 1. The Bertz CT molecular complexity index is 165. The minimum Gasteiger partial charge on any atom is -0.329 e. The molecule has 15 heavy (non-hydrogen) atoms. The van der Waals surface area contributed by atoms with Crippen LogP contribution in [-0.4, -0.2) is 42.6 Å². The quantitative estimate of drug-likeness (QED) is 0.784. The molecule has 0 saturated carbocycles. The second kappa shape index (κ2) is 6.77. The number of thioether (sulfide) groups is 1. The summed E-state index contributed by atoms with van der Waals surface area (Å²) in [4.78, 5) is 2.62. The van der Waals surface area contributed by atoms with E-state index in [0.29, 0.717) is 6.04 Å². The molecule has 0 aromatic heterocycles. The first-order valence-corrected chi connectivity index (χ1v) is 7.49. The molecule has 1 rings (SSSR count). The van der Waals surface area contributed by atoms with Gasteiger partial charge in [-0.1, -0.05) is 13.8 Å². The first-order valence-electron chi connectivity index (χ1n) is 6.10. The normalized spacial score (nSPS) is 30.4. The monoisotopic (exact) mass is 230 g/mol. The summed E-state index contributed by atoms with van der Waals surface area (Å²) in [6.45, 7) is 8.05. The summed E-state index contributed by atoms with van der Waals surface area (Å²) in [6, 6.07) is 0.614. The molecule has 1 saturated heterocycles. The van der Waals surface area contributed by atoms with Gasteiger partial charge in [-0.25, -0.2) is 0 Å². The van der Waals surface area contributed by atoms with Gasteiger partial charge in [-0.05, 0) is 36.7 Å².